The summed E-state index contributed by atoms with van der Waals surface area (Å²) in [6, 6.07) is 2.81. The Morgan fingerprint density at radius 2 is 1.89 bits per heavy atom. The highest BCUT2D eigenvalue weighted by Gasteiger charge is 2.14. The fraction of sp³-hybridized carbons (Fsp3) is 0.0909. The summed E-state index contributed by atoms with van der Waals surface area (Å²) < 4.78 is 18.7. The van der Waals surface area contributed by atoms with E-state index >= 15 is 0 Å². The van der Waals surface area contributed by atoms with Gasteiger partial charge in [0, 0.05) is 18.5 Å². The molecule has 0 aliphatic rings. The van der Waals surface area contributed by atoms with Gasteiger partial charge in [-0.25, -0.2) is 4.39 Å². The molecule has 0 amide bonds. The van der Waals surface area contributed by atoms with Gasteiger partial charge in [-0.2, -0.15) is 4.98 Å². The highest BCUT2D eigenvalue weighted by Crippen LogP contribution is 2.24. The second-order valence-electron chi connectivity index (χ2n) is 3.52. The van der Waals surface area contributed by atoms with Gasteiger partial charge in [-0.1, -0.05) is 5.16 Å². The van der Waals surface area contributed by atoms with Gasteiger partial charge in [-0.3, -0.25) is 9.97 Å². The van der Waals surface area contributed by atoms with Crippen LogP contribution in [0.25, 0.3) is 22.4 Å². The van der Waals surface area contributed by atoms with Crippen LogP contribution >= 0.6 is 11.6 Å². The zero-order chi connectivity index (χ0) is 12.5. The third kappa shape index (κ3) is 1.80. The number of halogens is 2. The van der Waals surface area contributed by atoms with Crippen molar-refractivity contribution in [1.82, 2.24) is 20.1 Å². The van der Waals surface area contributed by atoms with E-state index in [0.29, 0.717) is 11.0 Å². The van der Waals surface area contributed by atoms with Gasteiger partial charge in [0.25, 0.3) is 0 Å². The quantitative estimate of drug-likeness (QED) is 0.666. The van der Waals surface area contributed by atoms with Crippen molar-refractivity contribution in [2.45, 2.75) is 5.88 Å². The minimum atomic E-state index is -0.482. The topological polar surface area (TPSA) is 64.7 Å². The fourth-order valence-electron chi connectivity index (χ4n) is 1.58. The average Bonchev–Trinajstić information content (AvgIpc) is 2.86. The molecule has 0 spiro atoms. The van der Waals surface area contributed by atoms with Crippen LogP contribution in [0.1, 0.15) is 5.89 Å². The van der Waals surface area contributed by atoms with E-state index in [-0.39, 0.29) is 23.2 Å². The maximum absolute atomic E-state index is 13.9. The van der Waals surface area contributed by atoms with Gasteiger partial charge >= 0.3 is 0 Å². The second-order valence-corrected chi connectivity index (χ2v) is 3.79. The van der Waals surface area contributed by atoms with E-state index in [0.717, 1.165) is 0 Å². The molecule has 7 heteroatoms. The molecule has 5 nitrogen and oxygen atoms in total. The molecular weight excluding hydrogens is 259 g/mol. The Bertz CT molecular complexity index is 715. The first-order valence-electron chi connectivity index (χ1n) is 5.07. The smallest absolute Gasteiger partial charge is 0.241 e. The number of hydrogen-bond donors (Lipinski definition) is 0. The van der Waals surface area contributed by atoms with E-state index in [1.165, 1.54) is 24.5 Å². The summed E-state index contributed by atoms with van der Waals surface area (Å²) in [6.07, 6.45) is 3.03. The molecule has 18 heavy (non-hydrogen) atoms. The SMILES string of the molecule is Fc1cc2nccnc2cc1-c1noc(CCl)n1. The number of rotatable bonds is 2. The van der Waals surface area contributed by atoms with Gasteiger partial charge in [-0.15, -0.1) is 11.6 Å². The summed E-state index contributed by atoms with van der Waals surface area (Å²) >= 11 is 5.55. The first-order valence-corrected chi connectivity index (χ1v) is 5.60. The van der Waals surface area contributed by atoms with Crippen LogP contribution in [0, 0.1) is 5.82 Å². The number of alkyl halides is 1. The van der Waals surface area contributed by atoms with E-state index < -0.39 is 5.82 Å². The predicted octanol–water partition coefficient (Wildman–Crippen LogP) is 2.56. The number of hydrogen-bond acceptors (Lipinski definition) is 5. The molecule has 0 saturated heterocycles. The molecule has 0 bridgehead atoms. The Kier molecular flexibility index (Phi) is 2.64. The van der Waals surface area contributed by atoms with Crippen molar-refractivity contribution in [1.29, 1.82) is 0 Å². The minimum absolute atomic E-state index is 0.0853. The Morgan fingerprint density at radius 1 is 1.17 bits per heavy atom. The van der Waals surface area contributed by atoms with Crippen molar-refractivity contribution in [2.24, 2.45) is 0 Å². The van der Waals surface area contributed by atoms with Crippen LogP contribution in [0.3, 0.4) is 0 Å². The molecule has 0 fully saturated rings. The summed E-state index contributed by atoms with van der Waals surface area (Å²) in [4.78, 5) is 12.1. The number of benzene rings is 1. The van der Waals surface area contributed by atoms with Gasteiger partial charge in [0.05, 0.1) is 16.6 Å². The standard InChI is InChI=1S/C11H6ClFN4O/c12-5-10-16-11(17-18-10)6-3-8-9(4-7(6)13)15-2-1-14-8/h1-4H,5H2. The molecule has 0 aliphatic carbocycles. The third-order valence-electron chi connectivity index (χ3n) is 2.38. The Labute approximate surface area is 106 Å². The molecule has 90 valence electrons. The third-order valence-corrected chi connectivity index (χ3v) is 2.61. The van der Waals surface area contributed by atoms with Crippen LogP contribution in [0.4, 0.5) is 4.39 Å². The molecule has 0 atom stereocenters. The highest BCUT2D eigenvalue weighted by molar-refractivity contribution is 6.16. The highest BCUT2D eigenvalue weighted by atomic mass is 35.5. The summed E-state index contributed by atoms with van der Waals surface area (Å²) in [7, 11) is 0. The van der Waals surface area contributed by atoms with Crippen molar-refractivity contribution < 1.29 is 8.91 Å². The van der Waals surface area contributed by atoms with Crippen LogP contribution < -0.4 is 0 Å². The van der Waals surface area contributed by atoms with Gasteiger partial charge in [0.15, 0.2) is 0 Å². The van der Waals surface area contributed by atoms with Gasteiger partial charge in [0.1, 0.15) is 11.7 Å². The maximum Gasteiger partial charge on any atom is 0.241 e. The molecule has 3 aromatic rings. The van der Waals surface area contributed by atoms with Crippen LogP contribution in [-0.4, -0.2) is 20.1 Å². The molecular formula is C11H6ClFN4O. The van der Waals surface area contributed by atoms with E-state index in [2.05, 4.69) is 20.1 Å². The zero-order valence-electron chi connectivity index (χ0n) is 8.97. The van der Waals surface area contributed by atoms with Gasteiger partial charge < -0.3 is 4.52 Å². The molecule has 0 saturated carbocycles. The molecule has 2 heterocycles. The van der Waals surface area contributed by atoms with Crippen molar-refractivity contribution in [3.8, 4) is 11.4 Å². The Hall–Kier alpha value is -2.08. The van der Waals surface area contributed by atoms with E-state index in [9.17, 15) is 4.39 Å². The van der Waals surface area contributed by atoms with E-state index in [4.69, 9.17) is 16.1 Å². The Morgan fingerprint density at radius 3 is 2.56 bits per heavy atom. The second kappa shape index (κ2) is 4.30. The lowest BCUT2D eigenvalue weighted by molar-refractivity contribution is 0.390. The summed E-state index contributed by atoms with van der Waals surface area (Å²) in [6.45, 7) is 0. The van der Waals surface area contributed by atoms with Crippen molar-refractivity contribution in [3.05, 3.63) is 36.2 Å². The number of nitrogens with zero attached hydrogens (tertiary/aromatic N) is 4. The van der Waals surface area contributed by atoms with E-state index in [1.807, 2.05) is 0 Å². The van der Waals surface area contributed by atoms with E-state index in [1.54, 1.807) is 0 Å². The number of fused-ring (bicyclic) bond motifs is 1. The van der Waals surface area contributed by atoms with Gasteiger partial charge in [0.2, 0.25) is 11.7 Å². The molecule has 0 unspecified atom stereocenters. The lowest BCUT2D eigenvalue weighted by Gasteiger charge is -2.00. The largest absolute Gasteiger partial charge is 0.338 e. The predicted molar refractivity (Wildman–Crippen MR) is 62.3 cm³/mol. The van der Waals surface area contributed by atoms with Crippen LogP contribution in [0.15, 0.2) is 29.0 Å². The van der Waals surface area contributed by atoms with Crippen LogP contribution in [-0.2, 0) is 5.88 Å². The molecule has 1 aromatic carbocycles. The van der Waals surface area contributed by atoms with Crippen LogP contribution in [0.2, 0.25) is 0 Å². The molecule has 3 rings (SSSR count). The molecule has 0 radical (unpaired) electrons. The van der Waals surface area contributed by atoms with Crippen molar-refractivity contribution in [3.63, 3.8) is 0 Å². The summed E-state index contributed by atoms with van der Waals surface area (Å²) in [5, 5.41) is 3.67. The minimum Gasteiger partial charge on any atom is -0.338 e. The molecule has 0 aliphatic heterocycles. The maximum atomic E-state index is 13.9. The molecule has 2 aromatic heterocycles. The lowest BCUT2D eigenvalue weighted by atomic mass is 10.1. The Balaban J connectivity index is 2.19. The van der Waals surface area contributed by atoms with Crippen LogP contribution in [0.5, 0.6) is 0 Å². The van der Waals surface area contributed by atoms with Crippen molar-refractivity contribution >= 4 is 22.6 Å². The first-order chi connectivity index (χ1) is 8.78. The molecule has 0 N–H and O–H groups in total. The monoisotopic (exact) mass is 264 g/mol. The average molecular weight is 265 g/mol. The number of aromatic nitrogens is 4. The lowest BCUT2D eigenvalue weighted by Crippen LogP contribution is -1.90. The van der Waals surface area contributed by atoms with Crippen molar-refractivity contribution in [2.75, 3.05) is 0 Å². The normalized spacial score (nSPS) is 11.0. The first kappa shape index (κ1) is 11.0. The fourth-order valence-corrected chi connectivity index (χ4v) is 1.68. The zero-order valence-corrected chi connectivity index (χ0v) is 9.73. The summed E-state index contributed by atoms with van der Waals surface area (Å²) in [5.41, 5.74) is 1.24. The van der Waals surface area contributed by atoms with Gasteiger partial charge in [-0.05, 0) is 6.07 Å². The summed E-state index contributed by atoms with van der Waals surface area (Å²) in [5.74, 6) is -0.00640.